The summed E-state index contributed by atoms with van der Waals surface area (Å²) in [5, 5.41) is 9.93. The van der Waals surface area contributed by atoms with Crippen LogP contribution < -0.4 is 0 Å². The number of phenolic OH excluding ortho intramolecular Hbond substituents is 1. The van der Waals surface area contributed by atoms with Gasteiger partial charge in [-0.2, -0.15) is 0 Å². The summed E-state index contributed by atoms with van der Waals surface area (Å²) in [6.07, 6.45) is 0.628. The number of hydrogen-bond donors (Lipinski definition) is 1. The van der Waals surface area contributed by atoms with Gasteiger partial charge in [0.25, 0.3) is 0 Å². The Bertz CT molecular complexity index is 406. The lowest BCUT2D eigenvalue weighted by molar-refractivity contribution is 0.112. The molecule has 0 aliphatic heterocycles. The minimum absolute atomic E-state index is 0.0335. The molecule has 82 valence electrons. The van der Waals surface area contributed by atoms with E-state index in [0.29, 0.717) is 17.4 Å². The van der Waals surface area contributed by atoms with Crippen LogP contribution in [-0.4, -0.2) is 11.4 Å². The van der Waals surface area contributed by atoms with Crippen LogP contribution in [0, 0.1) is 0 Å². The molecule has 15 heavy (non-hydrogen) atoms. The Morgan fingerprint density at radius 3 is 2.20 bits per heavy atom. The van der Waals surface area contributed by atoms with E-state index < -0.39 is 0 Å². The van der Waals surface area contributed by atoms with E-state index in [0.717, 1.165) is 0 Å². The van der Waals surface area contributed by atoms with Crippen LogP contribution in [0.1, 0.15) is 36.7 Å². The van der Waals surface area contributed by atoms with Gasteiger partial charge in [-0.1, -0.05) is 44.0 Å². The van der Waals surface area contributed by atoms with Crippen LogP contribution >= 0.6 is 23.2 Å². The number of aromatic hydroxyl groups is 1. The quantitative estimate of drug-likeness (QED) is 0.766. The van der Waals surface area contributed by atoms with E-state index in [-0.39, 0.29) is 21.2 Å². The third-order valence-corrected chi connectivity index (χ3v) is 3.02. The monoisotopic (exact) mass is 246 g/mol. The molecule has 0 radical (unpaired) electrons. The molecule has 1 aromatic carbocycles. The fraction of sp³-hybridized carbons (Fsp3) is 0.364. The molecule has 1 rings (SSSR count). The number of benzene rings is 1. The summed E-state index contributed by atoms with van der Waals surface area (Å²) in [6.45, 7) is 5.75. The van der Waals surface area contributed by atoms with Crippen LogP contribution in [-0.2, 0) is 5.41 Å². The number of phenols is 1. The van der Waals surface area contributed by atoms with Crippen molar-refractivity contribution in [2.75, 3.05) is 0 Å². The van der Waals surface area contributed by atoms with Crippen molar-refractivity contribution in [2.45, 2.75) is 26.2 Å². The van der Waals surface area contributed by atoms with E-state index >= 15 is 0 Å². The van der Waals surface area contributed by atoms with E-state index in [4.69, 9.17) is 23.2 Å². The van der Waals surface area contributed by atoms with Gasteiger partial charge in [0.05, 0.1) is 5.02 Å². The Morgan fingerprint density at radius 2 is 1.80 bits per heavy atom. The SMILES string of the molecule is CC(C)(C)c1cc(C=O)c(Cl)c(Cl)c1O. The third kappa shape index (κ3) is 2.27. The first kappa shape index (κ1) is 12.3. The first-order valence-corrected chi connectivity index (χ1v) is 5.21. The summed E-state index contributed by atoms with van der Waals surface area (Å²) in [7, 11) is 0. The van der Waals surface area contributed by atoms with Crippen molar-refractivity contribution >= 4 is 29.5 Å². The number of rotatable bonds is 1. The predicted molar refractivity (Wildman–Crippen MR) is 62.2 cm³/mol. The molecule has 0 saturated heterocycles. The maximum absolute atomic E-state index is 10.7. The number of aldehydes is 1. The highest BCUT2D eigenvalue weighted by atomic mass is 35.5. The van der Waals surface area contributed by atoms with Gasteiger partial charge in [0.15, 0.2) is 6.29 Å². The van der Waals surface area contributed by atoms with Crippen molar-refractivity contribution < 1.29 is 9.90 Å². The summed E-state index contributed by atoms with van der Waals surface area (Å²) in [6, 6.07) is 1.57. The lowest BCUT2D eigenvalue weighted by Crippen LogP contribution is -2.12. The second-order valence-electron chi connectivity index (χ2n) is 4.36. The number of carbonyl (C=O) groups excluding carboxylic acids is 1. The first-order chi connectivity index (χ1) is 6.79. The van der Waals surface area contributed by atoms with Crippen LogP contribution in [0.15, 0.2) is 6.07 Å². The second-order valence-corrected chi connectivity index (χ2v) is 5.11. The van der Waals surface area contributed by atoms with Crippen molar-refractivity contribution in [3.63, 3.8) is 0 Å². The zero-order chi connectivity index (χ0) is 11.8. The van der Waals surface area contributed by atoms with Crippen LogP contribution in [0.25, 0.3) is 0 Å². The molecule has 0 atom stereocenters. The second kappa shape index (κ2) is 4.03. The molecule has 0 heterocycles. The van der Waals surface area contributed by atoms with Crippen molar-refractivity contribution in [1.29, 1.82) is 0 Å². The number of hydrogen-bond acceptors (Lipinski definition) is 2. The maximum Gasteiger partial charge on any atom is 0.151 e. The molecule has 0 amide bonds. The summed E-state index contributed by atoms with van der Waals surface area (Å²) in [4.78, 5) is 10.7. The van der Waals surface area contributed by atoms with E-state index in [1.807, 2.05) is 20.8 Å². The molecule has 1 aromatic rings. The van der Waals surface area contributed by atoms with E-state index in [1.54, 1.807) is 6.07 Å². The lowest BCUT2D eigenvalue weighted by Gasteiger charge is -2.22. The molecular weight excluding hydrogens is 235 g/mol. The summed E-state index contributed by atoms with van der Waals surface area (Å²) < 4.78 is 0. The molecule has 2 nitrogen and oxygen atoms in total. The molecule has 0 aromatic heterocycles. The highest BCUT2D eigenvalue weighted by molar-refractivity contribution is 6.44. The zero-order valence-corrected chi connectivity index (χ0v) is 10.3. The molecule has 1 N–H and O–H groups in total. The largest absolute Gasteiger partial charge is 0.506 e. The highest BCUT2D eigenvalue weighted by Crippen LogP contribution is 2.41. The summed E-state index contributed by atoms with van der Waals surface area (Å²) in [5.41, 5.74) is 0.610. The topological polar surface area (TPSA) is 37.3 Å². The Balaban J connectivity index is 3.56. The normalized spacial score (nSPS) is 11.5. The summed E-state index contributed by atoms with van der Waals surface area (Å²) >= 11 is 11.6. The Kier molecular flexibility index (Phi) is 3.31. The summed E-state index contributed by atoms with van der Waals surface area (Å²) in [5.74, 6) is -0.0558. The van der Waals surface area contributed by atoms with Gasteiger partial charge in [-0.15, -0.1) is 0 Å². The molecule has 0 aliphatic carbocycles. The number of halogens is 2. The molecule has 0 saturated carbocycles. The van der Waals surface area contributed by atoms with E-state index in [9.17, 15) is 9.90 Å². The standard InChI is InChI=1S/C11H12Cl2O2/c1-11(2,3)7-4-6(5-14)8(12)9(13)10(7)15/h4-5,15H,1-3H3. The number of carbonyl (C=O) groups is 1. The average molecular weight is 247 g/mol. The van der Waals surface area contributed by atoms with Crippen LogP contribution in [0.3, 0.4) is 0 Å². The Morgan fingerprint density at radius 1 is 1.27 bits per heavy atom. The fourth-order valence-corrected chi connectivity index (χ4v) is 1.69. The molecule has 0 bridgehead atoms. The van der Waals surface area contributed by atoms with Gasteiger partial charge in [0.2, 0.25) is 0 Å². The third-order valence-electron chi connectivity index (χ3n) is 2.14. The molecule has 0 aliphatic rings. The lowest BCUT2D eigenvalue weighted by atomic mass is 9.85. The molecule has 0 unspecified atom stereocenters. The van der Waals surface area contributed by atoms with Gasteiger partial charge in [-0.25, -0.2) is 0 Å². The van der Waals surface area contributed by atoms with Gasteiger partial charge < -0.3 is 5.11 Å². The zero-order valence-electron chi connectivity index (χ0n) is 8.77. The minimum atomic E-state index is -0.296. The van der Waals surface area contributed by atoms with Gasteiger partial charge in [-0.05, 0) is 11.5 Å². The minimum Gasteiger partial charge on any atom is -0.506 e. The Labute approximate surface area is 98.8 Å². The van der Waals surface area contributed by atoms with E-state index in [2.05, 4.69) is 0 Å². The van der Waals surface area contributed by atoms with Crippen molar-refractivity contribution in [2.24, 2.45) is 0 Å². The predicted octanol–water partition coefficient (Wildman–Crippen LogP) is 3.81. The van der Waals surface area contributed by atoms with Crippen LogP contribution in [0.4, 0.5) is 0 Å². The first-order valence-electron chi connectivity index (χ1n) is 4.45. The maximum atomic E-state index is 10.7. The van der Waals surface area contributed by atoms with Crippen molar-refractivity contribution in [3.8, 4) is 5.75 Å². The molecule has 0 spiro atoms. The van der Waals surface area contributed by atoms with Crippen molar-refractivity contribution in [3.05, 3.63) is 27.2 Å². The van der Waals surface area contributed by atoms with Gasteiger partial charge >= 0.3 is 0 Å². The van der Waals surface area contributed by atoms with E-state index in [1.165, 1.54) is 0 Å². The van der Waals surface area contributed by atoms with Gasteiger partial charge in [0, 0.05) is 11.1 Å². The smallest absolute Gasteiger partial charge is 0.151 e. The highest BCUT2D eigenvalue weighted by Gasteiger charge is 2.23. The average Bonchev–Trinajstić information content (AvgIpc) is 2.13. The van der Waals surface area contributed by atoms with Gasteiger partial charge in [-0.3, -0.25) is 4.79 Å². The molecule has 4 heteroatoms. The van der Waals surface area contributed by atoms with Crippen molar-refractivity contribution in [1.82, 2.24) is 0 Å². The fourth-order valence-electron chi connectivity index (χ4n) is 1.29. The van der Waals surface area contributed by atoms with Crippen LogP contribution in [0.5, 0.6) is 5.75 Å². The Hall–Kier alpha value is -0.730. The van der Waals surface area contributed by atoms with Gasteiger partial charge in [0.1, 0.15) is 10.8 Å². The van der Waals surface area contributed by atoms with Crippen LogP contribution in [0.2, 0.25) is 10.0 Å². The molecular formula is C11H12Cl2O2. The molecule has 0 fully saturated rings.